The Morgan fingerprint density at radius 3 is 2.38 bits per heavy atom. The van der Waals surface area contributed by atoms with E-state index in [1.54, 1.807) is 18.2 Å². The second-order valence-corrected chi connectivity index (χ2v) is 4.44. The lowest BCUT2D eigenvalue weighted by atomic mass is 10.1. The van der Waals surface area contributed by atoms with E-state index in [1.165, 1.54) is 12.1 Å². The first-order valence-corrected chi connectivity index (χ1v) is 6.01. The molecule has 0 N–H and O–H groups in total. The molecule has 0 aliphatic rings. The van der Waals surface area contributed by atoms with Crippen molar-refractivity contribution in [2.24, 2.45) is 0 Å². The van der Waals surface area contributed by atoms with Crippen LogP contribution in [0.4, 0.5) is 13.2 Å². The van der Waals surface area contributed by atoms with E-state index in [0.717, 1.165) is 12.1 Å². The molecule has 0 unspecified atom stereocenters. The Labute approximate surface area is 117 Å². The molecule has 0 radical (unpaired) electrons. The lowest BCUT2D eigenvalue weighted by Gasteiger charge is -2.05. The molecule has 0 saturated carbocycles. The highest BCUT2D eigenvalue weighted by atomic mass is 19.4. The molecule has 6 heteroatoms. The SMILES string of the molecule is O=Cc1ccc2oc(-c3ccc(C(F)(F)F)cc3)nc2c1. The molecule has 0 atom stereocenters. The smallest absolute Gasteiger partial charge is 0.416 e. The third-order valence-corrected chi connectivity index (χ3v) is 3.01. The number of aromatic nitrogens is 1. The minimum atomic E-state index is -4.38. The molecule has 0 amide bonds. The number of hydrogen-bond acceptors (Lipinski definition) is 3. The van der Waals surface area contributed by atoms with Crippen LogP contribution < -0.4 is 0 Å². The first-order valence-electron chi connectivity index (χ1n) is 6.01. The largest absolute Gasteiger partial charge is 0.436 e. The summed E-state index contributed by atoms with van der Waals surface area (Å²) in [4.78, 5) is 14.9. The maximum Gasteiger partial charge on any atom is 0.416 e. The number of fused-ring (bicyclic) bond motifs is 1. The summed E-state index contributed by atoms with van der Waals surface area (Å²) in [5.41, 5.74) is 1.11. The molecule has 1 aromatic heterocycles. The highest BCUT2D eigenvalue weighted by Crippen LogP contribution is 2.31. The third kappa shape index (κ3) is 2.52. The average Bonchev–Trinajstić information content (AvgIpc) is 2.89. The standard InChI is InChI=1S/C15H8F3NO2/c16-15(17,18)11-4-2-10(3-5-11)14-19-12-7-9(8-20)1-6-13(12)21-14/h1-8H. The summed E-state index contributed by atoms with van der Waals surface area (Å²) in [5, 5.41) is 0. The molecular formula is C15H8F3NO2. The van der Waals surface area contributed by atoms with Gasteiger partial charge in [-0.3, -0.25) is 4.79 Å². The van der Waals surface area contributed by atoms with Gasteiger partial charge in [-0.05, 0) is 42.5 Å². The van der Waals surface area contributed by atoms with Crippen LogP contribution in [0.1, 0.15) is 15.9 Å². The maximum atomic E-state index is 12.5. The van der Waals surface area contributed by atoms with Crippen LogP contribution in [0.3, 0.4) is 0 Å². The summed E-state index contributed by atoms with van der Waals surface area (Å²) in [7, 11) is 0. The fourth-order valence-electron chi connectivity index (χ4n) is 1.94. The van der Waals surface area contributed by atoms with Crippen LogP contribution in [0.2, 0.25) is 0 Å². The van der Waals surface area contributed by atoms with E-state index in [9.17, 15) is 18.0 Å². The molecule has 1 heterocycles. The summed E-state index contributed by atoms with van der Waals surface area (Å²) in [5.74, 6) is 0.210. The first kappa shape index (κ1) is 13.4. The number of nitrogens with zero attached hydrogens (tertiary/aromatic N) is 1. The van der Waals surface area contributed by atoms with Gasteiger partial charge in [0.15, 0.2) is 5.58 Å². The van der Waals surface area contributed by atoms with Crippen molar-refractivity contribution >= 4 is 17.4 Å². The summed E-state index contributed by atoms with van der Waals surface area (Å²) in [6.07, 6.45) is -3.69. The maximum absolute atomic E-state index is 12.5. The number of rotatable bonds is 2. The van der Waals surface area contributed by atoms with Gasteiger partial charge in [0.2, 0.25) is 5.89 Å². The molecule has 0 fully saturated rings. The van der Waals surface area contributed by atoms with E-state index in [2.05, 4.69) is 4.98 Å². The normalized spacial score (nSPS) is 11.8. The second-order valence-electron chi connectivity index (χ2n) is 4.44. The van der Waals surface area contributed by atoms with Crippen molar-refractivity contribution in [1.29, 1.82) is 0 Å². The second kappa shape index (κ2) is 4.73. The Morgan fingerprint density at radius 2 is 1.76 bits per heavy atom. The number of benzene rings is 2. The Morgan fingerprint density at radius 1 is 1.05 bits per heavy atom. The Balaban J connectivity index is 2.02. The zero-order chi connectivity index (χ0) is 15.0. The minimum absolute atomic E-state index is 0.210. The summed E-state index contributed by atoms with van der Waals surface area (Å²) in [6.45, 7) is 0. The monoisotopic (exact) mass is 291 g/mol. The molecule has 0 spiro atoms. The van der Waals surface area contributed by atoms with Gasteiger partial charge < -0.3 is 4.42 Å². The van der Waals surface area contributed by atoms with Gasteiger partial charge in [-0.2, -0.15) is 13.2 Å². The minimum Gasteiger partial charge on any atom is -0.436 e. The Kier molecular flexibility index (Phi) is 3.01. The molecule has 3 rings (SSSR count). The van der Waals surface area contributed by atoms with Gasteiger partial charge in [0, 0.05) is 11.1 Å². The highest BCUT2D eigenvalue weighted by molar-refractivity contribution is 5.84. The number of alkyl halides is 3. The first-order chi connectivity index (χ1) is 9.97. The quantitative estimate of drug-likeness (QED) is 0.660. The number of carbonyl (C=O) groups is 1. The Bertz CT molecular complexity index is 804. The van der Waals surface area contributed by atoms with Crippen LogP contribution in [0.25, 0.3) is 22.6 Å². The van der Waals surface area contributed by atoms with Gasteiger partial charge in [-0.1, -0.05) is 0 Å². The van der Waals surface area contributed by atoms with Crippen molar-refractivity contribution in [2.45, 2.75) is 6.18 Å². The molecule has 21 heavy (non-hydrogen) atoms. The van der Waals surface area contributed by atoms with E-state index < -0.39 is 11.7 Å². The predicted molar refractivity (Wildman–Crippen MR) is 69.8 cm³/mol. The Hall–Kier alpha value is -2.63. The number of carbonyl (C=O) groups excluding carboxylic acids is 1. The summed E-state index contributed by atoms with van der Waals surface area (Å²) < 4.78 is 43.0. The van der Waals surface area contributed by atoms with Crippen molar-refractivity contribution in [3.63, 3.8) is 0 Å². The average molecular weight is 291 g/mol. The van der Waals surface area contributed by atoms with Crippen molar-refractivity contribution in [1.82, 2.24) is 4.98 Å². The van der Waals surface area contributed by atoms with Gasteiger partial charge in [0.1, 0.15) is 11.8 Å². The fraction of sp³-hybridized carbons (Fsp3) is 0.0667. The number of aldehydes is 1. The number of halogens is 3. The molecule has 3 nitrogen and oxygen atoms in total. The fourth-order valence-corrected chi connectivity index (χ4v) is 1.94. The molecular weight excluding hydrogens is 283 g/mol. The highest BCUT2D eigenvalue weighted by Gasteiger charge is 2.30. The number of hydrogen-bond donors (Lipinski definition) is 0. The predicted octanol–water partition coefficient (Wildman–Crippen LogP) is 4.33. The molecule has 0 bridgehead atoms. The van der Waals surface area contributed by atoms with Crippen LogP contribution in [0.15, 0.2) is 46.9 Å². The van der Waals surface area contributed by atoms with E-state index in [4.69, 9.17) is 4.42 Å². The molecule has 0 aliphatic carbocycles. The van der Waals surface area contributed by atoms with Crippen LogP contribution in [-0.2, 0) is 6.18 Å². The van der Waals surface area contributed by atoms with E-state index in [0.29, 0.717) is 28.5 Å². The lowest BCUT2D eigenvalue weighted by Crippen LogP contribution is -2.03. The summed E-state index contributed by atoms with van der Waals surface area (Å²) >= 11 is 0. The van der Waals surface area contributed by atoms with Gasteiger partial charge in [-0.15, -0.1) is 0 Å². The zero-order valence-corrected chi connectivity index (χ0v) is 10.5. The van der Waals surface area contributed by atoms with Gasteiger partial charge >= 0.3 is 6.18 Å². The van der Waals surface area contributed by atoms with Crippen LogP contribution >= 0.6 is 0 Å². The number of oxazole rings is 1. The molecule has 3 aromatic rings. The van der Waals surface area contributed by atoms with Crippen molar-refractivity contribution in [3.05, 3.63) is 53.6 Å². The van der Waals surface area contributed by atoms with E-state index in [-0.39, 0.29) is 5.89 Å². The summed E-state index contributed by atoms with van der Waals surface area (Å²) in [6, 6.07) is 9.28. The van der Waals surface area contributed by atoms with Crippen LogP contribution in [-0.4, -0.2) is 11.3 Å². The third-order valence-electron chi connectivity index (χ3n) is 3.01. The van der Waals surface area contributed by atoms with Crippen LogP contribution in [0, 0.1) is 0 Å². The molecule has 0 saturated heterocycles. The molecule has 0 aliphatic heterocycles. The van der Waals surface area contributed by atoms with E-state index in [1.807, 2.05) is 0 Å². The van der Waals surface area contributed by atoms with Gasteiger partial charge in [0.25, 0.3) is 0 Å². The lowest BCUT2D eigenvalue weighted by molar-refractivity contribution is -0.137. The van der Waals surface area contributed by atoms with E-state index >= 15 is 0 Å². The van der Waals surface area contributed by atoms with Gasteiger partial charge in [0.05, 0.1) is 5.56 Å². The van der Waals surface area contributed by atoms with Crippen LogP contribution in [0.5, 0.6) is 0 Å². The van der Waals surface area contributed by atoms with Gasteiger partial charge in [-0.25, -0.2) is 4.98 Å². The molecule has 2 aromatic carbocycles. The van der Waals surface area contributed by atoms with Crippen molar-refractivity contribution in [3.8, 4) is 11.5 Å². The van der Waals surface area contributed by atoms with Crippen molar-refractivity contribution in [2.75, 3.05) is 0 Å². The zero-order valence-electron chi connectivity index (χ0n) is 10.5. The topological polar surface area (TPSA) is 43.1 Å². The molecule has 106 valence electrons. The van der Waals surface area contributed by atoms with Crippen molar-refractivity contribution < 1.29 is 22.4 Å².